The lowest BCUT2D eigenvalue weighted by Gasteiger charge is -2.25. The number of phosphoric acid groups is 2. The van der Waals surface area contributed by atoms with Crippen molar-refractivity contribution in [2.24, 2.45) is 0 Å². The van der Waals surface area contributed by atoms with Crippen LogP contribution in [-0.4, -0.2) is 58.9 Å². The number of aliphatic hydroxyl groups excluding tert-OH is 1. The smallest absolute Gasteiger partial charge is 0.392 e. The Kier molecular flexibility index (Phi) is 6.54. The lowest BCUT2D eigenvalue weighted by molar-refractivity contribution is -0.251. The molecule has 0 spiro atoms. The minimum Gasteiger partial charge on any atom is -0.392 e. The molecule has 1 aliphatic heterocycles. The third kappa shape index (κ3) is 7.52. The lowest BCUT2D eigenvalue weighted by atomic mass is 10.2. The SMILES string of the molecule is O=P(O)(O)OP(=O)(O)O.OCC1(O)CCCN1O. The Hall–Kier alpha value is 0.1000. The van der Waals surface area contributed by atoms with Gasteiger partial charge in [-0.1, -0.05) is 0 Å². The van der Waals surface area contributed by atoms with Crippen LogP contribution >= 0.6 is 15.6 Å². The van der Waals surface area contributed by atoms with Crippen LogP contribution in [0.25, 0.3) is 0 Å². The molecule has 1 unspecified atom stereocenters. The summed E-state index contributed by atoms with van der Waals surface area (Å²) in [7, 11) is -10.1. The molecule has 0 aliphatic carbocycles. The van der Waals surface area contributed by atoms with Gasteiger partial charge in [0.1, 0.15) is 0 Å². The van der Waals surface area contributed by atoms with E-state index in [1.54, 1.807) is 0 Å². The number of nitrogens with zero attached hydrogens (tertiary/aromatic N) is 1. The molecule has 1 aliphatic rings. The molecule has 0 radical (unpaired) electrons. The molecular formula is C5H15NO10P2. The summed E-state index contributed by atoms with van der Waals surface area (Å²) in [6, 6.07) is 0. The standard InChI is InChI=1S/C5H11NO3.H4O7P2/c7-4-5(8)2-1-3-6(5)9;1-8(2,3)7-9(4,5)6/h7-9H,1-4H2;(H2,1,2,3)(H2,4,5,6). The summed E-state index contributed by atoms with van der Waals surface area (Å²) in [6.07, 6.45) is 1.17. The van der Waals surface area contributed by atoms with Crippen LogP contribution in [0.5, 0.6) is 0 Å². The number of rotatable bonds is 3. The highest BCUT2D eigenvalue weighted by Gasteiger charge is 2.37. The Labute approximate surface area is 102 Å². The summed E-state index contributed by atoms with van der Waals surface area (Å²) in [5.74, 6) is 0. The van der Waals surface area contributed by atoms with Crippen LogP contribution < -0.4 is 0 Å². The van der Waals surface area contributed by atoms with Crippen molar-refractivity contribution in [2.45, 2.75) is 18.6 Å². The van der Waals surface area contributed by atoms with Crippen LogP contribution in [0.2, 0.25) is 0 Å². The lowest BCUT2D eigenvalue weighted by Crippen LogP contribution is -2.44. The third-order valence-electron chi connectivity index (χ3n) is 1.89. The molecule has 11 nitrogen and oxygen atoms in total. The topological polar surface area (TPSA) is 188 Å². The highest BCUT2D eigenvalue weighted by atomic mass is 31.3. The average molecular weight is 311 g/mol. The fraction of sp³-hybridized carbons (Fsp3) is 1.00. The molecule has 0 amide bonds. The van der Waals surface area contributed by atoms with Crippen LogP contribution in [-0.2, 0) is 13.4 Å². The molecule has 1 heterocycles. The molecule has 0 aromatic rings. The van der Waals surface area contributed by atoms with E-state index < -0.39 is 28.0 Å². The van der Waals surface area contributed by atoms with Crippen molar-refractivity contribution in [3.8, 4) is 0 Å². The van der Waals surface area contributed by atoms with Gasteiger partial charge in [-0.05, 0) is 12.8 Å². The van der Waals surface area contributed by atoms with E-state index in [-0.39, 0.29) is 0 Å². The minimum absolute atomic E-state index is 0.399. The van der Waals surface area contributed by atoms with Crippen LogP contribution in [0.4, 0.5) is 0 Å². The van der Waals surface area contributed by atoms with Crippen molar-refractivity contribution in [1.29, 1.82) is 0 Å². The quantitative estimate of drug-likeness (QED) is 0.295. The van der Waals surface area contributed by atoms with Gasteiger partial charge in [-0.2, -0.15) is 9.37 Å². The largest absolute Gasteiger partial charge is 0.478 e. The fourth-order valence-electron chi connectivity index (χ4n) is 1.15. The van der Waals surface area contributed by atoms with Crippen LogP contribution in [0.15, 0.2) is 0 Å². The Morgan fingerprint density at radius 3 is 1.72 bits per heavy atom. The number of hydroxylamine groups is 2. The van der Waals surface area contributed by atoms with E-state index in [0.29, 0.717) is 13.0 Å². The Morgan fingerprint density at radius 1 is 1.17 bits per heavy atom. The van der Waals surface area contributed by atoms with Gasteiger partial charge < -0.3 is 35.0 Å². The van der Waals surface area contributed by atoms with Gasteiger partial charge >= 0.3 is 15.6 Å². The first-order valence-electron chi connectivity index (χ1n) is 4.52. The first-order chi connectivity index (χ1) is 7.90. The molecule has 1 rings (SSSR count). The van der Waals surface area contributed by atoms with Gasteiger partial charge in [-0.15, -0.1) is 0 Å². The highest BCUT2D eigenvalue weighted by Crippen LogP contribution is 2.53. The van der Waals surface area contributed by atoms with Gasteiger partial charge in [-0.25, -0.2) is 9.13 Å². The summed E-state index contributed by atoms with van der Waals surface area (Å²) >= 11 is 0. The maximum absolute atomic E-state index is 9.63. The van der Waals surface area contributed by atoms with E-state index in [0.717, 1.165) is 11.5 Å². The Morgan fingerprint density at radius 2 is 1.61 bits per heavy atom. The van der Waals surface area contributed by atoms with E-state index >= 15 is 0 Å². The normalized spacial score (nSPS) is 25.7. The monoisotopic (exact) mass is 311 g/mol. The van der Waals surface area contributed by atoms with E-state index in [4.69, 9.17) is 29.9 Å². The zero-order chi connectivity index (χ0) is 14.6. The highest BCUT2D eigenvalue weighted by molar-refractivity contribution is 7.60. The zero-order valence-electron chi connectivity index (χ0n) is 9.03. The Bertz CT molecular complexity index is 330. The van der Waals surface area contributed by atoms with Crippen molar-refractivity contribution in [2.75, 3.05) is 13.2 Å². The van der Waals surface area contributed by atoms with Gasteiger partial charge in [0, 0.05) is 6.54 Å². The second kappa shape index (κ2) is 6.51. The summed E-state index contributed by atoms with van der Waals surface area (Å²) in [5.41, 5.74) is -1.36. The first-order valence-corrected chi connectivity index (χ1v) is 7.58. The first kappa shape index (κ1) is 18.1. The summed E-state index contributed by atoms with van der Waals surface area (Å²) in [4.78, 5) is 31.0. The van der Waals surface area contributed by atoms with Crippen LogP contribution in [0.1, 0.15) is 12.8 Å². The van der Waals surface area contributed by atoms with Crippen LogP contribution in [0, 0.1) is 0 Å². The predicted octanol–water partition coefficient (Wildman–Crippen LogP) is -1.66. The summed E-state index contributed by atoms with van der Waals surface area (Å²) in [6.45, 7) is 0.0422. The van der Waals surface area contributed by atoms with Gasteiger partial charge in [0.05, 0.1) is 6.61 Å². The van der Waals surface area contributed by atoms with Crippen molar-refractivity contribution in [3.05, 3.63) is 0 Å². The minimum atomic E-state index is -5.05. The summed E-state index contributed by atoms with van der Waals surface area (Å²) < 4.78 is 22.2. The molecule has 0 aromatic carbocycles. The molecule has 0 bridgehead atoms. The number of aliphatic hydroxyl groups is 2. The maximum Gasteiger partial charge on any atom is 0.478 e. The van der Waals surface area contributed by atoms with Crippen molar-refractivity contribution in [1.82, 2.24) is 5.06 Å². The van der Waals surface area contributed by atoms with E-state index in [2.05, 4.69) is 4.31 Å². The van der Waals surface area contributed by atoms with Crippen molar-refractivity contribution in [3.63, 3.8) is 0 Å². The molecule has 0 saturated carbocycles. The second-order valence-electron chi connectivity index (χ2n) is 3.43. The van der Waals surface area contributed by atoms with E-state index in [1.165, 1.54) is 0 Å². The van der Waals surface area contributed by atoms with E-state index in [1.807, 2.05) is 0 Å². The molecule has 18 heavy (non-hydrogen) atoms. The second-order valence-corrected chi connectivity index (χ2v) is 6.05. The predicted molar refractivity (Wildman–Crippen MR) is 54.9 cm³/mol. The number of hydrogen-bond donors (Lipinski definition) is 7. The van der Waals surface area contributed by atoms with Crippen molar-refractivity contribution < 1.29 is 48.4 Å². The maximum atomic E-state index is 9.63. The number of hydrogen-bond acceptors (Lipinski definition) is 7. The van der Waals surface area contributed by atoms with Gasteiger partial charge in [0.2, 0.25) is 0 Å². The van der Waals surface area contributed by atoms with Gasteiger partial charge in [0.25, 0.3) is 0 Å². The van der Waals surface area contributed by atoms with Gasteiger partial charge in [0.15, 0.2) is 5.72 Å². The Balaban J connectivity index is 0.000000321. The molecule has 1 atom stereocenters. The fourth-order valence-corrected chi connectivity index (χ4v) is 2.26. The molecule has 1 fully saturated rings. The molecule has 13 heteroatoms. The third-order valence-corrected chi connectivity index (χ3v) is 3.60. The van der Waals surface area contributed by atoms with Crippen molar-refractivity contribution >= 4 is 15.6 Å². The average Bonchev–Trinajstić information content (AvgIpc) is 2.43. The molecular weight excluding hydrogens is 296 g/mol. The molecule has 110 valence electrons. The zero-order valence-corrected chi connectivity index (χ0v) is 10.8. The summed E-state index contributed by atoms with van der Waals surface area (Å²) in [5, 5.41) is 27.4. The van der Waals surface area contributed by atoms with Crippen LogP contribution in [0.3, 0.4) is 0 Å². The molecule has 0 aromatic heterocycles. The van der Waals surface area contributed by atoms with Gasteiger partial charge in [-0.3, -0.25) is 0 Å². The molecule has 7 N–H and O–H groups in total. The van der Waals surface area contributed by atoms with E-state index in [9.17, 15) is 14.2 Å². The molecule has 1 saturated heterocycles.